The summed E-state index contributed by atoms with van der Waals surface area (Å²) in [7, 11) is 0. The second kappa shape index (κ2) is 13.4. The number of carbonyl (C=O) groups is 5. The number of hydrogen-bond donors (Lipinski definition) is 7. The summed E-state index contributed by atoms with van der Waals surface area (Å²) >= 11 is 0. The van der Waals surface area contributed by atoms with Crippen LogP contribution in [0.25, 0.3) is 0 Å². The maximum atomic E-state index is 13.2. The molecule has 36 heavy (non-hydrogen) atoms. The third-order valence-electron chi connectivity index (χ3n) is 5.75. The van der Waals surface area contributed by atoms with Crippen molar-refractivity contribution in [2.75, 3.05) is 6.54 Å². The van der Waals surface area contributed by atoms with E-state index in [0.29, 0.717) is 18.5 Å². The molecule has 1 aliphatic heterocycles. The summed E-state index contributed by atoms with van der Waals surface area (Å²) in [6.45, 7) is 4.26. The van der Waals surface area contributed by atoms with E-state index in [9.17, 15) is 34.2 Å². The standard InChI is InChI=1S/C24H35N5O7/c1-13(2)10-19(24(35)36)29-23(34)18(12-20(25)31)28-22(33)17(11-14-5-7-15(30)8-6-14)27-21(32)16-4-3-9-26-16/h5-8,13,16-19,26,30H,3-4,9-12H2,1-2H3,(H2,25,31)(H,27,32)(H,28,33)(H,29,34)(H,35,36). The van der Waals surface area contributed by atoms with Crippen LogP contribution in [-0.2, 0) is 30.4 Å². The molecule has 1 aromatic rings. The van der Waals surface area contributed by atoms with Gasteiger partial charge in [-0.2, -0.15) is 0 Å². The summed E-state index contributed by atoms with van der Waals surface area (Å²) in [5.41, 5.74) is 5.90. The van der Waals surface area contributed by atoms with E-state index in [4.69, 9.17) is 5.73 Å². The number of aromatic hydroxyl groups is 1. The number of phenolic OH excluding ortho intramolecular Hbond substituents is 1. The van der Waals surface area contributed by atoms with Crippen molar-refractivity contribution in [2.24, 2.45) is 11.7 Å². The molecule has 12 nitrogen and oxygen atoms in total. The summed E-state index contributed by atoms with van der Waals surface area (Å²) in [6, 6.07) is 1.83. The van der Waals surface area contributed by atoms with Crippen LogP contribution >= 0.6 is 0 Å². The minimum absolute atomic E-state index is 0.0338. The van der Waals surface area contributed by atoms with Crippen LogP contribution in [0, 0.1) is 5.92 Å². The molecule has 0 bridgehead atoms. The highest BCUT2D eigenvalue weighted by atomic mass is 16.4. The van der Waals surface area contributed by atoms with E-state index < -0.39 is 54.3 Å². The highest BCUT2D eigenvalue weighted by Gasteiger charge is 2.32. The van der Waals surface area contributed by atoms with Crippen molar-refractivity contribution >= 4 is 29.6 Å². The van der Waals surface area contributed by atoms with Gasteiger partial charge in [-0.3, -0.25) is 19.2 Å². The van der Waals surface area contributed by atoms with Crippen LogP contribution in [0.4, 0.5) is 0 Å². The van der Waals surface area contributed by atoms with Crippen molar-refractivity contribution in [1.29, 1.82) is 0 Å². The SMILES string of the molecule is CC(C)CC(NC(=O)C(CC(N)=O)NC(=O)C(Cc1ccc(O)cc1)NC(=O)C1CCCN1)C(=O)O. The van der Waals surface area contributed by atoms with Gasteiger partial charge in [-0.25, -0.2) is 4.79 Å². The van der Waals surface area contributed by atoms with E-state index in [1.54, 1.807) is 26.0 Å². The lowest BCUT2D eigenvalue weighted by Crippen LogP contribution is -2.58. The zero-order chi connectivity index (χ0) is 26.8. The lowest BCUT2D eigenvalue weighted by Gasteiger charge is -2.25. The number of primary amides is 1. The molecule has 0 aliphatic carbocycles. The zero-order valence-corrected chi connectivity index (χ0v) is 20.5. The molecule has 4 atom stereocenters. The summed E-state index contributed by atoms with van der Waals surface area (Å²) < 4.78 is 0. The Morgan fingerprint density at radius 1 is 1.00 bits per heavy atom. The van der Waals surface area contributed by atoms with Crippen LogP contribution in [0.3, 0.4) is 0 Å². The predicted molar refractivity (Wildman–Crippen MR) is 130 cm³/mol. The summed E-state index contributed by atoms with van der Waals surface area (Å²) in [6.07, 6.45) is 1.05. The molecule has 1 heterocycles. The number of amides is 4. The fourth-order valence-corrected chi connectivity index (χ4v) is 3.91. The maximum Gasteiger partial charge on any atom is 0.326 e. The average Bonchev–Trinajstić information content (AvgIpc) is 3.33. The second-order valence-electron chi connectivity index (χ2n) is 9.34. The first kappa shape index (κ1) is 28.6. The number of phenols is 1. The number of benzene rings is 1. The van der Waals surface area contributed by atoms with E-state index in [2.05, 4.69) is 21.3 Å². The van der Waals surface area contributed by atoms with Gasteiger partial charge in [-0.15, -0.1) is 0 Å². The lowest BCUT2D eigenvalue weighted by atomic mass is 10.0. The molecular formula is C24H35N5O7. The predicted octanol–water partition coefficient (Wildman–Crippen LogP) is -0.853. The Balaban J connectivity index is 2.20. The lowest BCUT2D eigenvalue weighted by molar-refractivity contribution is -0.143. The average molecular weight is 506 g/mol. The zero-order valence-electron chi connectivity index (χ0n) is 20.5. The fourth-order valence-electron chi connectivity index (χ4n) is 3.91. The van der Waals surface area contributed by atoms with E-state index in [1.807, 2.05) is 0 Å². The van der Waals surface area contributed by atoms with Crippen LogP contribution in [0.2, 0.25) is 0 Å². The molecule has 1 aromatic carbocycles. The molecule has 1 saturated heterocycles. The molecule has 2 rings (SSSR count). The van der Waals surface area contributed by atoms with Crippen LogP contribution in [-0.4, -0.2) is 70.5 Å². The summed E-state index contributed by atoms with van der Waals surface area (Å²) in [4.78, 5) is 61.9. The summed E-state index contributed by atoms with van der Waals surface area (Å²) in [5.74, 6) is -4.13. The van der Waals surface area contributed by atoms with Crippen LogP contribution in [0.1, 0.15) is 45.1 Å². The number of carbonyl (C=O) groups excluding carboxylic acids is 4. The number of carboxylic acids is 1. The molecule has 0 saturated carbocycles. The van der Waals surface area contributed by atoms with Gasteiger partial charge in [0.1, 0.15) is 23.9 Å². The molecule has 0 aromatic heterocycles. The number of nitrogens with two attached hydrogens (primary N) is 1. The molecular weight excluding hydrogens is 470 g/mol. The number of carboxylic acid groups (broad SMARTS) is 1. The van der Waals surface area contributed by atoms with Crippen molar-refractivity contribution < 1.29 is 34.2 Å². The molecule has 1 fully saturated rings. The first-order chi connectivity index (χ1) is 17.0. The molecule has 0 spiro atoms. The van der Waals surface area contributed by atoms with Gasteiger partial charge in [0, 0.05) is 6.42 Å². The first-order valence-electron chi connectivity index (χ1n) is 11.9. The van der Waals surface area contributed by atoms with Crippen LogP contribution < -0.4 is 27.0 Å². The van der Waals surface area contributed by atoms with Gasteiger partial charge in [0.25, 0.3) is 0 Å². The Bertz CT molecular complexity index is 945. The highest BCUT2D eigenvalue weighted by molar-refractivity contribution is 5.96. The van der Waals surface area contributed by atoms with Crippen LogP contribution in [0.5, 0.6) is 5.75 Å². The Labute approximate surface area is 209 Å². The molecule has 1 aliphatic rings. The molecule has 4 unspecified atom stereocenters. The van der Waals surface area contributed by atoms with Gasteiger partial charge in [0.05, 0.1) is 12.5 Å². The minimum Gasteiger partial charge on any atom is -0.508 e. The van der Waals surface area contributed by atoms with E-state index in [0.717, 1.165) is 6.42 Å². The molecule has 12 heteroatoms. The Morgan fingerprint density at radius 2 is 1.61 bits per heavy atom. The quantitative estimate of drug-likeness (QED) is 0.180. The minimum atomic E-state index is -1.44. The highest BCUT2D eigenvalue weighted by Crippen LogP contribution is 2.13. The third-order valence-corrected chi connectivity index (χ3v) is 5.75. The molecule has 8 N–H and O–H groups in total. The van der Waals surface area contributed by atoms with Crippen LogP contribution in [0.15, 0.2) is 24.3 Å². The smallest absolute Gasteiger partial charge is 0.326 e. The number of aliphatic carboxylic acids is 1. The van der Waals surface area contributed by atoms with Crippen molar-refractivity contribution in [3.05, 3.63) is 29.8 Å². The third kappa shape index (κ3) is 9.17. The van der Waals surface area contributed by atoms with E-state index >= 15 is 0 Å². The van der Waals surface area contributed by atoms with Crippen molar-refractivity contribution in [1.82, 2.24) is 21.3 Å². The van der Waals surface area contributed by atoms with E-state index in [-0.39, 0.29) is 30.4 Å². The maximum absolute atomic E-state index is 13.2. The largest absolute Gasteiger partial charge is 0.508 e. The van der Waals surface area contributed by atoms with Gasteiger partial charge >= 0.3 is 5.97 Å². The van der Waals surface area contributed by atoms with Crippen molar-refractivity contribution in [3.8, 4) is 5.75 Å². The van der Waals surface area contributed by atoms with Crippen molar-refractivity contribution in [2.45, 2.75) is 70.1 Å². The fraction of sp³-hybridized carbons (Fsp3) is 0.542. The number of hydrogen-bond acceptors (Lipinski definition) is 7. The van der Waals surface area contributed by atoms with Gasteiger partial charge in [-0.1, -0.05) is 26.0 Å². The van der Waals surface area contributed by atoms with Crippen molar-refractivity contribution in [3.63, 3.8) is 0 Å². The summed E-state index contributed by atoms with van der Waals surface area (Å²) in [5, 5.41) is 29.5. The van der Waals surface area contributed by atoms with Gasteiger partial charge in [0.15, 0.2) is 0 Å². The Hall–Kier alpha value is -3.67. The van der Waals surface area contributed by atoms with Gasteiger partial charge in [-0.05, 0) is 49.4 Å². The first-order valence-corrected chi connectivity index (χ1v) is 11.9. The normalized spacial score (nSPS) is 17.6. The van der Waals surface area contributed by atoms with Gasteiger partial charge in [0.2, 0.25) is 23.6 Å². The van der Waals surface area contributed by atoms with Gasteiger partial charge < -0.3 is 37.2 Å². The molecule has 198 valence electrons. The van der Waals surface area contributed by atoms with E-state index in [1.165, 1.54) is 12.1 Å². The Kier molecular flexibility index (Phi) is 10.7. The monoisotopic (exact) mass is 505 g/mol. The Morgan fingerprint density at radius 3 is 2.14 bits per heavy atom. The topological polar surface area (TPSA) is 200 Å². The number of nitrogens with one attached hydrogen (secondary N) is 4. The second-order valence-corrected chi connectivity index (χ2v) is 9.34. The molecule has 0 radical (unpaired) electrons. The molecule has 4 amide bonds. The number of rotatable bonds is 13.